The number of hydrogen-bond acceptors (Lipinski definition) is 6. The standard InChI is InChI=1S/C19H14FN5OS/c20-15-9-7-14(8-10-15)18-22-17(26-25-18)12-27-19-21-16(23-24-19)11-6-13-4-2-1-3-5-13/h1-11H,12H2,(H,21,23,24)/b11-6+. The van der Waals surface area contributed by atoms with Crippen LogP contribution in [0.3, 0.4) is 0 Å². The van der Waals surface area contributed by atoms with Crippen LogP contribution in [0.15, 0.2) is 64.3 Å². The summed E-state index contributed by atoms with van der Waals surface area (Å²) in [5.74, 6) is 1.67. The number of nitrogens with zero attached hydrogens (tertiary/aromatic N) is 4. The van der Waals surface area contributed by atoms with Crippen molar-refractivity contribution in [1.29, 1.82) is 0 Å². The number of aromatic nitrogens is 5. The molecular formula is C19H14FN5OS. The quantitative estimate of drug-likeness (QED) is 0.498. The van der Waals surface area contributed by atoms with Crippen LogP contribution >= 0.6 is 11.8 Å². The fraction of sp³-hybridized carbons (Fsp3) is 0.0526. The van der Waals surface area contributed by atoms with Gasteiger partial charge in [-0.05, 0) is 35.9 Å². The summed E-state index contributed by atoms with van der Waals surface area (Å²) in [4.78, 5) is 8.70. The molecule has 2 heterocycles. The smallest absolute Gasteiger partial charge is 0.237 e. The Morgan fingerprint density at radius 3 is 2.63 bits per heavy atom. The van der Waals surface area contributed by atoms with Gasteiger partial charge in [0.25, 0.3) is 0 Å². The molecule has 0 amide bonds. The highest BCUT2D eigenvalue weighted by Gasteiger charge is 2.10. The molecule has 0 atom stereocenters. The van der Waals surface area contributed by atoms with Crippen molar-refractivity contribution in [2.45, 2.75) is 10.9 Å². The fourth-order valence-electron chi connectivity index (χ4n) is 2.29. The number of benzene rings is 2. The molecule has 134 valence electrons. The number of hydrogen-bond donors (Lipinski definition) is 1. The molecule has 2 aromatic heterocycles. The average Bonchev–Trinajstić information content (AvgIpc) is 3.36. The van der Waals surface area contributed by atoms with Crippen LogP contribution in [0.5, 0.6) is 0 Å². The topological polar surface area (TPSA) is 80.5 Å². The van der Waals surface area contributed by atoms with Gasteiger partial charge in [0.15, 0.2) is 0 Å². The molecule has 0 aliphatic heterocycles. The fourth-order valence-corrected chi connectivity index (χ4v) is 2.94. The van der Waals surface area contributed by atoms with Crippen molar-refractivity contribution in [2.24, 2.45) is 0 Å². The zero-order valence-electron chi connectivity index (χ0n) is 14.0. The van der Waals surface area contributed by atoms with E-state index in [1.165, 1.54) is 23.9 Å². The van der Waals surface area contributed by atoms with Gasteiger partial charge in [0.05, 0.1) is 5.75 Å². The monoisotopic (exact) mass is 379 g/mol. The van der Waals surface area contributed by atoms with E-state index >= 15 is 0 Å². The molecule has 2 aromatic carbocycles. The van der Waals surface area contributed by atoms with E-state index in [9.17, 15) is 4.39 Å². The van der Waals surface area contributed by atoms with E-state index < -0.39 is 0 Å². The second-order valence-corrected chi connectivity index (χ2v) is 6.50. The summed E-state index contributed by atoms with van der Waals surface area (Å²) in [5.41, 5.74) is 1.78. The second kappa shape index (κ2) is 7.96. The van der Waals surface area contributed by atoms with Crippen molar-refractivity contribution in [3.63, 3.8) is 0 Å². The van der Waals surface area contributed by atoms with Gasteiger partial charge in [-0.1, -0.05) is 53.3 Å². The van der Waals surface area contributed by atoms with Crippen molar-refractivity contribution in [2.75, 3.05) is 0 Å². The molecule has 0 fully saturated rings. The van der Waals surface area contributed by atoms with Gasteiger partial charge in [0.1, 0.15) is 11.6 Å². The summed E-state index contributed by atoms with van der Waals surface area (Å²) in [6.45, 7) is 0. The Bertz CT molecular complexity index is 1040. The Morgan fingerprint density at radius 1 is 1.00 bits per heavy atom. The highest BCUT2D eigenvalue weighted by molar-refractivity contribution is 7.98. The molecule has 1 N–H and O–H groups in total. The number of thioether (sulfide) groups is 1. The Morgan fingerprint density at radius 2 is 1.81 bits per heavy atom. The van der Waals surface area contributed by atoms with Gasteiger partial charge in [-0.2, -0.15) is 4.98 Å². The molecular weight excluding hydrogens is 365 g/mol. The van der Waals surface area contributed by atoms with Gasteiger partial charge in [0, 0.05) is 5.56 Å². The first kappa shape index (κ1) is 17.2. The maximum absolute atomic E-state index is 13.0. The largest absolute Gasteiger partial charge is 0.338 e. The third kappa shape index (κ3) is 4.48. The van der Waals surface area contributed by atoms with Crippen molar-refractivity contribution >= 4 is 23.9 Å². The number of H-pyrrole nitrogens is 1. The Labute approximate surface area is 158 Å². The first-order valence-corrected chi connectivity index (χ1v) is 9.12. The van der Waals surface area contributed by atoms with E-state index in [1.54, 1.807) is 12.1 Å². The molecule has 4 aromatic rings. The van der Waals surface area contributed by atoms with Gasteiger partial charge in [0.2, 0.25) is 16.9 Å². The predicted molar refractivity (Wildman–Crippen MR) is 101 cm³/mol. The number of aromatic amines is 1. The van der Waals surface area contributed by atoms with E-state index in [0.29, 0.717) is 34.0 Å². The lowest BCUT2D eigenvalue weighted by Crippen LogP contribution is -1.84. The Kier molecular flexibility index (Phi) is 5.06. The van der Waals surface area contributed by atoms with Crippen LogP contribution in [0.1, 0.15) is 17.3 Å². The Balaban J connectivity index is 1.36. The third-order valence-electron chi connectivity index (χ3n) is 3.61. The SMILES string of the molecule is Fc1ccc(-c2noc(CSc3n[nH]c(/C=C/c4ccccc4)n3)n2)cc1. The molecule has 0 saturated carbocycles. The van der Waals surface area contributed by atoms with Crippen LogP contribution in [0.25, 0.3) is 23.5 Å². The maximum atomic E-state index is 13.0. The van der Waals surface area contributed by atoms with Gasteiger partial charge >= 0.3 is 0 Å². The summed E-state index contributed by atoms with van der Waals surface area (Å²) < 4.78 is 18.2. The molecule has 0 aliphatic rings. The number of nitrogens with one attached hydrogen (secondary N) is 1. The van der Waals surface area contributed by atoms with Crippen LogP contribution in [0, 0.1) is 5.82 Å². The van der Waals surface area contributed by atoms with E-state index in [2.05, 4.69) is 25.3 Å². The molecule has 0 radical (unpaired) electrons. The zero-order valence-corrected chi connectivity index (χ0v) is 14.9. The van der Waals surface area contributed by atoms with Gasteiger partial charge in [-0.25, -0.2) is 9.37 Å². The molecule has 0 aliphatic carbocycles. The normalized spacial score (nSPS) is 11.3. The lowest BCUT2D eigenvalue weighted by atomic mass is 10.2. The molecule has 0 saturated heterocycles. The minimum atomic E-state index is -0.306. The third-order valence-corrected chi connectivity index (χ3v) is 4.44. The lowest BCUT2D eigenvalue weighted by Gasteiger charge is -1.92. The summed E-state index contributed by atoms with van der Waals surface area (Å²) >= 11 is 1.38. The van der Waals surface area contributed by atoms with Gasteiger partial charge < -0.3 is 4.52 Å². The summed E-state index contributed by atoms with van der Waals surface area (Å²) in [6, 6.07) is 15.9. The second-order valence-electron chi connectivity index (χ2n) is 5.55. The van der Waals surface area contributed by atoms with Gasteiger partial charge in [-0.3, -0.25) is 5.10 Å². The molecule has 27 heavy (non-hydrogen) atoms. The molecule has 4 rings (SSSR count). The molecule has 0 spiro atoms. The summed E-state index contributed by atoms with van der Waals surface area (Å²) in [7, 11) is 0. The molecule has 8 heteroatoms. The van der Waals surface area contributed by atoms with Crippen LogP contribution in [0.2, 0.25) is 0 Å². The van der Waals surface area contributed by atoms with E-state index in [-0.39, 0.29) is 5.82 Å². The number of halogens is 1. The van der Waals surface area contributed by atoms with Crippen LogP contribution in [-0.4, -0.2) is 25.3 Å². The molecule has 0 unspecified atom stereocenters. The first-order chi connectivity index (χ1) is 13.3. The minimum absolute atomic E-state index is 0.306. The zero-order chi connectivity index (χ0) is 18.5. The van der Waals surface area contributed by atoms with Crippen molar-refractivity contribution in [1.82, 2.24) is 25.3 Å². The molecule has 6 nitrogen and oxygen atoms in total. The van der Waals surface area contributed by atoms with E-state index in [0.717, 1.165) is 5.56 Å². The van der Waals surface area contributed by atoms with E-state index in [4.69, 9.17) is 4.52 Å². The highest BCUT2D eigenvalue weighted by Crippen LogP contribution is 2.21. The average molecular weight is 379 g/mol. The van der Waals surface area contributed by atoms with Gasteiger partial charge in [-0.15, -0.1) is 5.10 Å². The van der Waals surface area contributed by atoms with Crippen molar-refractivity contribution in [3.8, 4) is 11.4 Å². The lowest BCUT2D eigenvalue weighted by molar-refractivity contribution is 0.391. The first-order valence-electron chi connectivity index (χ1n) is 8.13. The predicted octanol–water partition coefficient (Wildman–Crippen LogP) is 4.46. The van der Waals surface area contributed by atoms with Crippen molar-refractivity contribution < 1.29 is 8.91 Å². The Hall–Kier alpha value is -3.26. The van der Waals surface area contributed by atoms with Crippen molar-refractivity contribution in [3.05, 3.63) is 77.7 Å². The van der Waals surface area contributed by atoms with Crippen LogP contribution in [0.4, 0.5) is 4.39 Å². The summed E-state index contributed by atoms with van der Waals surface area (Å²) in [5, 5.41) is 11.5. The van der Waals surface area contributed by atoms with Crippen LogP contribution in [-0.2, 0) is 5.75 Å². The summed E-state index contributed by atoms with van der Waals surface area (Å²) in [6.07, 6.45) is 3.83. The molecule has 0 bridgehead atoms. The van der Waals surface area contributed by atoms with Crippen LogP contribution < -0.4 is 0 Å². The number of rotatable bonds is 6. The highest BCUT2D eigenvalue weighted by atomic mass is 32.2. The maximum Gasteiger partial charge on any atom is 0.237 e. The van der Waals surface area contributed by atoms with E-state index in [1.807, 2.05) is 42.5 Å². The minimum Gasteiger partial charge on any atom is -0.338 e.